The Balaban J connectivity index is 2.30. The molecule has 0 spiro atoms. The molecule has 0 saturated carbocycles. The smallest absolute Gasteiger partial charge is 0.313 e. The summed E-state index contributed by atoms with van der Waals surface area (Å²) in [6, 6.07) is 6.83. The average Bonchev–Trinajstić information content (AvgIpc) is 2.91. The molecule has 3 aromatic rings. The van der Waals surface area contributed by atoms with E-state index in [-0.39, 0.29) is 16.6 Å². The van der Waals surface area contributed by atoms with Crippen LogP contribution < -0.4 is 0 Å². The van der Waals surface area contributed by atoms with Crippen molar-refractivity contribution in [3.8, 4) is 5.69 Å². The molecule has 0 aliphatic carbocycles. The van der Waals surface area contributed by atoms with Crippen molar-refractivity contribution in [1.29, 1.82) is 0 Å². The summed E-state index contributed by atoms with van der Waals surface area (Å²) in [5.74, 6) is -2.09. The predicted octanol–water partition coefficient (Wildman–Crippen LogP) is 6.70. The minimum Gasteiger partial charge on any atom is -0.313 e. The fourth-order valence-corrected chi connectivity index (χ4v) is 3.33. The first-order chi connectivity index (χ1) is 12.4. The Labute approximate surface area is 157 Å². The maximum atomic E-state index is 12.9. The second kappa shape index (κ2) is 6.45. The van der Waals surface area contributed by atoms with E-state index in [1.54, 1.807) is 0 Å². The number of para-hydroxylation sites is 1. The molecule has 142 valence electrons. The number of Topliss-reactive ketones (excluding diaryl/α,β-unsaturated/α-hetero) is 1. The minimum atomic E-state index is -5.12. The molecular weight excluding hydrogens is 419 g/mol. The van der Waals surface area contributed by atoms with Crippen LogP contribution in [0.25, 0.3) is 16.6 Å². The summed E-state index contributed by atoms with van der Waals surface area (Å²) >= 11 is 11.9. The number of nitrogens with zero attached hydrogens (tertiary/aromatic N) is 1. The molecule has 0 fully saturated rings. The molecule has 2 nitrogen and oxygen atoms in total. The number of ketones is 1. The van der Waals surface area contributed by atoms with Gasteiger partial charge in [-0.1, -0.05) is 41.4 Å². The van der Waals surface area contributed by atoms with Crippen molar-refractivity contribution in [2.45, 2.75) is 12.4 Å². The van der Waals surface area contributed by atoms with Crippen molar-refractivity contribution in [3.05, 3.63) is 63.8 Å². The van der Waals surface area contributed by atoms with Crippen molar-refractivity contribution in [3.63, 3.8) is 0 Å². The second-order valence-electron chi connectivity index (χ2n) is 5.54. The zero-order valence-electron chi connectivity index (χ0n) is 12.9. The average molecular weight is 426 g/mol. The molecule has 0 saturated heterocycles. The second-order valence-corrected chi connectivity index (χ2v) is 6.36. The van der Waals surface area contributed by atoms with Gasteiger partial charge in [-0.25, -0.2) is 0 Å². The van der Waals surface area contributed by atoms with Gasteiger partial charge in [0.05, 0.1) is 32.4 Å². The summed E-state index contributed by atoms with van der Waals surface area (Å²) in [4.78, 5) is 11.7. The van der Waals surface area contributed by atoms with Gasteiger partial charge in [-0.15, -0.1) is 0 Å². The van der Waals surface area contributed by atoms with E-state index in [0.29, 0.717) is 12.1 Å². The van der Waals surface area contributed by atoms with Crippen LogP contribution >= 0.6 is 23.2 Å². The zero-order valence-corrected chi connectivity index (χ0v) is 14.4. The number of carbonyl (C=O) groups is 1. The van der Waals surface area contributed by atoms with Crippen molar-refractivity contribution >= 4 is 39.9 Å². The molecule has 0 bridgehead atoms. The number of hydrogen-bond acceptors (Lipinski definition) is 1. The van der Waals surface area contributed by atoms with E-state index in [0.717, 1.165) is 10.8 Å². The number of fused-ring (bicyclic) bond motifs is 1. The molecule has 0 unspecified atom stereocenters. The fourth-order valence-electron chi connectivity index (χ4n) is 2.66. The van der Waals surface area contributed by atoms with Crippen LogP contribution in [0.15, 0.2) is 42.6 Å². The summed E-state index contributed by atoms with van der Waals surface area (Å²) in [7, 11) is 0. The lowest BCUT2D eigenvalue weighted by Crippen LogP contribution is -2.22. The number of rotatable bonds is 2. The van der Waals surface area contributed by atoms with Crippen LogP contribution in [0.5, 0.6) is 0 Å². The molecule has 1 aromatic heterocycles. The topological polar surface area (TPSA) is 22.0 Å². The van der Waals surface area contributed by atoms with Crippen molar-refractivity contribution in [2.24, 2.45) is 0 Å². The Kier molecular flexibility index (Phi) is 4.68. The van der Waals surface area contributed by atoms with E-state index in [1.165, 1.54) is 24.3 Å². The first-order valence-electron chi connectivity index (χ1n) is 7.19. The molecule has 0 N–H and O–H groups in total. The van der Waals surface area contributed by atoms with Crippen LogP contribution in [0, 0.1) is 0 Å². The normalized spacial score (nSPS) is 12.6. The summed E-state index contributed by atoms with van der Waals surface area (Å²) in [6.07, 6.45) is -8.97. The van der Waals surface area contributed by atoms with Crippen molar-refractivity contribution in [1.82, 2.24) is 4.57 Å². The van der Waals surface area contributed by atoms with Gasteiger partial charge in [-0.2, -0.15) is 26.3 Å². The standard InChI is InChI=1S/C17H7Cl2F6NO/c18-11-5-8(16(20,21)22)6-12(19)14(11)26-7-10(15(27)17(23,24)25)9-3-1-2-4-13(9)26/h1-7H. The Bertz CT molecular complexity index is 1030. The van der Waals surface area contributed by atoms with Gasteiger partial charge in [0.25, 0.3) is 5.78 Å². The molecule has 3 rings (SSSR count). The Hall–Kier alpha value is -2.19. The third-order valence-electron chi connectivity index (χ3n) is 3.80. The van der Waals surface area contributed by atoms with Crippen LogP contribution in [-0.2, 0) is 6.18 Å². The number of benzene rings is 2. The highest BCUT2D eigenvalue weighted by atomic mass is 35.5. The minimum absolute atomic E-state index is 0.0353. The molecule has 0 aliphatic rings. The monoisotopic (exact) mass is 425 g/mol. The van der Waals surface area contributed by atoms with Gasteiger partial charge < -0.3 is 4.57 Å². The fraction of sp³-hybridized carbons (Fsp3) is 0.118. The molecule has 2 aromatic carbocycles. The molecule has 0 radical (unpaired) electrons. The van der Waals surface area contributed by atoms with Gasteiger partial charge in [-0.3, -0.25) is 4.79 Å². The molecule has 1 heterocycles. The van der Waals surface area contributed by atoms with E-state index >= 15 is 0 Å². The summed E-state index contributed by atoms with van der Waals surface area (Å²) in [5.41, 5.74) is -1.80. The summed E-state index contributed by atoms with van der Waals surface area (Å²) < 4.78 is 78.4. The number of hydrogen-bond donors (Lipinski definition) is 0. The maximum Gasteiger partial charge on any atom is 0.454 e. The molecule has 27 heavy (non-hydrogen) atoms. The lowest BCUT2D eigenvalue weighted by molar-refractivity contribution is -0.137. The SMILES string of the molecule is O=C(c1cn(-c2c(Cl)cc(C(F)(F)F)cc2Cl)c2ccccc12)C(F)(F)F. The predicted molar refractivity (Wildman–Crippen MR) is 88.7 cm³/mol. The third kappa shape index (κ3) is 3.51. The first-order valence-corrected chi connectivity index (χ1v) is 7.95. The van der Waals surface area contributed by atoms with Gasteiger partial charge in [0.15, 0.2) is 0 Å². The lowest BCUT2D eigenvalue weighted by Gasteiger charge is -2.14. The van der Waals surface area contributed by atoms with E-state index in [2.05, 4.69) is 0 Å². The zero-order chi connectivity index (χ0) is 20.1. The highest BCUT2D eigenvalue weighted by molar-refractivity contribution is 6.38. The van der Waals surface area contributed by atoms with Crippen molar-refractivity contribution < 1.29 is 31.1 Å². The molecule has 10 heteroatoms. The number of aromatic nitrogens is 1. The van der Waals surface area contributed by atoms with Gasteiger partial charge in [0.1, 0.15) is 0 Å². The number of carbonyl (C=O) groups excluding carboxylic acids is 1. The summed E-state index contributed by atoms with van der Waals surface area (Å²) in [6.45, 7) is 0. The largest absolute Gasteiger partial charge is 0.454 e. The molecule has 0 atom stereocenters. The van der Waals surface area contributed by atoms with E-state index < -0.39 is 39.3 Å². The van der Waals surface area contributed by atoms with E-state index in [9.17, 15) is 31.1 Å². The van der Waals surface area contributed by atoms with Gasteiger partial charge in [-0.05, 0) is 18.2 Å². The molecular formula is C17H7Cl2F6NO. The number of alkyl halides is 6. The van der Waals surface area contributed by atoms with Gasteiger partial charge in [0.2, 0.25) is 0 Å². The van der Waals surface area contributed by atoms with E-state index in [4.69, 9.17) is 23.2 Å². The highest BCUT2D eigenvalue weighted by Crippen LogP contribution is 2.39. The maximum absolute atomic E-state index is 12.9. The van der Waals surface area contributed by atoms with Crippen LogP contribution in [0.2, 0.25) is 10.0 Å². The van der Waals surface area contributed by atoms with Crippen LogP contribution in [0.4, 0.5) is 26.3 Å². The Morgan fingerprint density at radius 3 is 2.00 bits per heavy atom. The molecule has 0 amide bonds. The Morgan fingerprint density at radius 2 is 1.48 bits per heavy atom. The third-order valence-corrected chi connectivity index (χ3v) is 4.38. The lowest BCUT2D eigenvalue weighted by atomic mass is 10.1. The quantitative estimate of drug-likeness (QED) is 0.330. The molecule has 0 aliphatic heterocycles. The van der Waals surface area contributed by atoms with Crippen LogP contribution in [0.1, 0.15) is 15.9 Å². The summed E-state index contributed by atoms with van der Waals surface area (Å²) in [5, 5.41) is -0.893. The van der Waals surface area contributed by atoms with Gasteiger partial charge in [0, 0.05) is 11.6 Å². The Morgan fingerprint density at radius 1 is 0.926 bits per heavy atom. The van der Waals surface area contributed by atoms with Crippen LogP contribution in [-0.4, -0.2) is 16.5 Å². The highest BCUT2D eigenvalue weighted by Gasteiger charge is 2.41. The number of halogens is 8. The first kappa shape index (κ1) is 19.6. The van der Waals surface area contributed by atoms with Crippen molar-refractivity contribution in [2.75, 3.05) is 0 Å². The van der Waals surface area contributed by atoms with Gasteiger partial charge >= 0.3 is 12.4 Å². The van der Waals surface area contributed by atoms with Crippen LogP contribution in [0.3, 0.4) is 0 Å². The van der Waals surface area contributed by atoms with E-state index in [1.807, 2.05) is 0 Å².